The molecule has 0 bridgehead atoms. The summed E-state index contributed by atoms with van der Waals surface area (Å²) in [5.41, 5.74) is 0.501. The molecule has 5 heteroatoms. The standard InChI is InChI=1S/C12H14O4S/c13-9-10-3-1-2-4-12(10)16-11-5-7-17(14,15)8-6-11/h1-4,9,11H,5-8H2. The summed E-state index contributed by atoms with van der Waals surface area (Å²) < 4.78 is 28.2. The highest BCUT2D eigenvalue weighted by molar-refractivity contribution is 7.91. The lowest BCUT2D eigenvalue weighted by Crippen LogP contribution is -2.30. The second kappa shape index (κ2) is 4.87. The first kappa shape index (κ1) is 12.1. The van der Waals surface area contributed by atoms with Crippen LogP contribution in [0.1, 0.15) is 23.2 Å². The minimum atomic E-state index is -2.87. The number of carbonyl (C=O) groups is 1. The zero-order valence-corrected chi connectivity index (χ0v) is 10.2. The number of ether oxygens (including phenoxy) is 1. The lowest BCUT2D eigenvalue weighted by atomic mass is 10.2. The Balaban J connectivity index is 2.05. The van der Waals surface area contributed by atoms with Crippen LogP contribution in [0.25, 0.3) is 0 Å². The molecule has 1 heterocycles. The number of hydrogen-bond donors (Lipinski definition) is 0. The summed E-state index contributed by atoms with van der Waals surface area (Å²) in [5, 5.41) is 0. The first-order chi connectivity index (χ1) is 8.11. The van der Waals surface area contributed by atoms with E-state index in [4.69, 9.17) is 4.74 Å². The Labute approximate surface area is 101 Å². The monoisotopic (exact) mass is 254 g/mol. The SMILES string of the molecule is O=Cc1ccccc1OC1CCS(=O)(=O)CC1. The van der Waals surface area contributed by atoms with Gasteiger partial charge in [0, 0.05) is 0 Å². The van der Waals surface area contributed by atoms with Gasteiger partial charge in [0.05, 0.1) is 17.1 Å². The third kappa shape index (κ3) is 3.06. The molecule has 1 aromatic carbocycles. The molecule has 0 amide bonds. The van der Waals surface area contributed by atoms with E-state index in [1.807, 2.05) is 0 Å². The Hall–Kier alpha value is -1.36. The molecular weight excluding hydrogens is 240 g/mol. The van der Waals surface area contributed by atoms with Crippen molar-refractivity contribution >= 4 is 16.1 Å². The van der Waals surface area contributed by atoms with Gasteiger partial charge < -0.3 is 4.74 Å². The Kier molecular flexibility index (Phi) is 3.47. The van der Waals surface area contributed by atoms with Crippen LogP contribution < -0.4 is 4.74 Å². The summed E-state index contributed by atoms with van der Waals surface area (Å²) in [5.74, 6) is 0.869. The second-order valence-electron chi connectivity index (χ2n) is 4.12. The summed E-state index contributed by atoms with van der Waals surface area (Å²) in [7, 11) is -2.87. The van der Waals surface area contributed by atoms with Crippen molar-refractivity contribution in [2.24, 2.45) is 0 Å². The minimum Gasteiger partial charge on any atom is -0.490 e. The Morgan fingerprint density at radius 3 is 2.47 bits per heavy atom. The predicted octanol–water partition coefficient (Wildman–Crippen LogP) is 1.46. The molecule has 0 aliphatic carbocycles. The summed E-state index contributed by atoms with van der Waals surface area (Å²) in [6.07, 6.45) is 1.62. The molecule has 17 heavy (non-hydrogen) atoms. The molecule has 4 nitrogen and oxygen atoms in total. The van der Waals surface area contributed by atoms with Gasteiger partial charge in [-0.05, 0) is 25.0 Å². The topological polar surface area (TPSA) is 60.4 Å². The van der Waals surface area contributed by atoms with E-state index < -0.39 is 9.84 Å². The Morgan fingerprint density at radius 1 is 1.18 bits per heavy atom. The van der Waals surface area contributed by atoms with E-state index in [0.29, 0.717) is 24.2 Å². The number of carbonyl (C=O) groups excluding carboxylic acids is 1. The highest BCUT2D eigenvalue weighted by Gasteiger charge is 2.25. The van der Waals surface area contributed by atoms with Crippen LogP contribution in [0.15, 0.2) is 24.3 Å². The highest BCUT2D eigenvalue weighted by atomic mass is 32.2. The molecule has 0 atom stereocenters. The van der Waals surface area contributed by atoms with Gasteiger partial charge in [-0.1, -0.05) is 12.1 Å². The van der Waals surface area contributed by atoms with E-state index in [9.17, 15) is 13.2 Å². The van der Waals surface area contributed by atoms with Gasteiger partial charge in [0.1, 0.15) is 11.9 Å². The maximum Gasteiger partial charge on any atom is 0.153 e. The van der Waals surface area contributed by atoms with E-state index in [1.165, 1.54) is 0 Å². The quantitative estimate of drug-likeness (QED) is 0.766. The predicted molar refractivity (Wildman–Crippen MR) is 64.1 cm³/mol. The van der Waals surface area contributed by atoms with E-state index in [0.717, 1.165) is 6.29 Å². The number of sulfone groups is 1. The van der Waals surface area contributed by atoms with Crippen molar-refractivity contribution in [1.29, 1.82) is 0 Å². The van der Waals surface area contributed by atoms with Crippen LogP contribution in [0.3, 0.4) is 0 Å². The van der Waals surface area contributed by atoms with E-state index in [-0.39, 0.29) is 17.6 Å². The van der Waals surface area contributed by atoms with E-state index in [1.54, 1.807) is 24.3 Å². The van der Waals surface area contributed by atoms with Gasteiger partial charge in [0.15, 0.2) is 16.1 Å². The second-order valence-corrected chi connectivity index (χ2v) is 6.43. The van der Waals surface area contributed by atoms with E-state index >= 15 is 0 Å². The lowest BCUT2D eigenvalue weighted by molar-refractivity contribution is 0.111. The fraction of sp³-hybridized carbons (Fsp3) is 0.417. The van der Waals surface area contributed by atoms with Crippen LogP contribution in [0.4, 0.5) is 0 Å². The largest absolute Gasteiger partial charge is 0.490 e. The molecule has 0 radical (unpaired) electrons. The molecule has 0 saturated carbocycles. The molecule has 0 unspecified atom stereocenters. The van der Waals surface area contributed by atoms with Crippen LogP contribution >= 0.6 is 0 Å². The van der Waals surface area contributed by atoms with Gasteiger partial charge >= 0.3 is 0 Å². The molecular formula is C12H14O4S. The number of rotatable bonds is 3. The van der Waals surface area contributed by atoms with Crippen LogP contribution in [0.2, 0.25) is 0 Å². The van der Waals surface area contributed by atoms with Crippen LogP contribution in [0, 0.1) is 0 Å². The van der Waals surface area contributed by atoms with Gasteiger partial charge in [0.2, 0.25) is 0 Å². The van der Waals surface area contributed by atoms with Crippen LogP contribution in [0.5, 0.6) is 5.75 Å². The van der Waals surface area contributed by atoms with Crippen LogP contribution in [-0.2, 0) is 9.84 Å². The fourth-order valence-corrected chi connectivity index (χ4v) is 3.30. The molecule has 1 aliphatic heterocycles. The van der Waals surface area contributed by atoms with Gasteiger partial charge in [-0.2, -0.15) is 0 Å². The number of hydrogen-bond acceptors (Lipinski definition) is 4. The number of para-hydroxylation sites is 1. The molecule has 0 N–H and O–H groups in total. The average Bonchev–Trinajstić information content (AvgIpc) is 2.32. The number of benzene rings is 1. The summed E-state index contributed by atoms with van der Waals surface area (Å²) in [6.45, 7) is 0. The lowest BCUT2D eigenvalue weighted by Gasteiger charge is -2.23. The van der Waals surface area contributed by atoms with Crippen molar-refractivity contribution in [2.45, 2.75) is 18.9 Å². The summed E-state index contributed by atoms with van der Waals surface area (Å²) in [4.78, 5) is 10.8. The minimum absolute atomic E-state index is 0.111. The average molecular weight is 254 g/mol. The van der Waals surface area contributed by atoms with Crippen molar-refractivity contribution in [3.8, 4) is 5.75 Å². The molecule has 2 rings (SSSR count). The molecule has 1 saturated heterocycles. The van der Waals surface area contributed by atoms with Gasteiger partial charge in [-0.15, -0.1) is 0 Å². The molecule has 92 valence electrons. The van der Waals surface area contributed by atoms with Crippen LogP contribution in [-0.4, -0.2) is 32.3 Å². The summed E-state index contributed by atoms with van der Waals surface area (Å²) in [6, 6.07) is 6.97. The number of aldehydes is 1. The molecule has 1 fully saturated rings. The molecule has 1 aliphatic rings. The fourth-order valence-electron chi connectivity index (χ4n) is 1.85. The van der Waals surface area contributed by atoms with Gasteiger partial charge in [-0.25, -0.2) is 8.42 Å². The Bertz CT molecular complexity index is 493. The summed E-state index contributed by atoms with van der Waals surface area (Å²) >= 11 is 0. The maximum atomic E-state index is 11.3. The zero-order chi connectivity index (χ0) is 12.3. The highest BCUT2D eigenvalue weighted by Crippen LogP contribution is 2.22. The van der Waals surface area contributed by atoms with Gasteiger partial charge in [-0.3, -0.25) is 4.79 Å². The third-order valence-electron chi connectivity index (χ3n) is 2.84. The zero-order valence-electron chi connectivity index (χ0n) is 9.33. The van der Waals surface area contributed by atoms with Crippen molar-refractivity contribution in [2.75, 3.05) is 11.5 Å². The smallest absolute Gasteiger partial charge is 0.153 e. The normalized spacial score (nSPS) is 19.8. The molecule has 0 aromatic heterocycles. The molecule has 0 spiro atoms. The third-order valence-corrected chi connectivity index (χ3v) is 4.56. The van der Waals surface area contributed by atoms with Crippen molar-refractivity contribution in [3.63, 3.8) is 0 Å². The first-order valence-electron chi connectivity index (χ1n) is 5.52. The Morgan fingerprint density at radius 2 is 1.82 bits per heavy atom. The molecule has 1 aromatic rings. The van der Waals surface area contributed by atoms with Crippen molar-refractivity contribution in [1.82, 2.24) is 0 Å². The maximum absolute atomic E-state index is 11.3. The van der Waals surface area contributed by atoms with E-state index in [2.05, 4.69) is 0 Å². The van der Waals surface area contributed by atoms with Crippen molar-refractivity contribution < 1.29 is 17.9 Å². The van der Waals surface area contributed by atoms with Crippen molar-refractivity contribution in [3.05, 3.63) is 29.8 Å². The first-order valence-corrected chi connectivity index (χ1v) is 7.34. The van der Waals surface area contributed by atoms with Gasteiger partial charge in [0.25, 0.3) is 0 Å².